The van der Waals surface area contributed by atoms with Gasteiger partial charge in [0, 0.05) is 11.8 Å². The molecular formula is C12H20N2OS. The molecule has 1 aliphatic carbocycles. The van der Waals surface area contributed by atoms with Crippen molar-refractivity contribution in [2.75, 3.05) is 6.54 Å². The summed E-state index contributed by atoms with van der Waals surface area (Å²) in [6, 6.07) is 0. The second kappa shape index (κ2) is 4.40. The number of nitrogens with one attached hydrogen (secondary N) is 1. The Kier molecular flexibility index (Phi) is 3.29. The van der Waals surface area contributed by atoms with E-state index < -0.39 is 0 Å². The Hall–Kier alpha value is -0.510. The number of rotatable bonds is 1. The molecule has 1 saturated carbocycles. The lowest BCUT2D eigenvalue weighted by molar-refractivity contribution is -0.125. The van der Waals surface area contributed by atoms with Crippen LogP contribution in [0.15, 0.2) is 4.99 Å². The largest absolute Gasteiger partial charge is 0.305 e. The van der Waals surface area contributed by atoms with Crippen molar-refractivity contribution in [3.05, 3.63) is 0 Å². The van der Waals surface area contributed by atoms with Gasteiger partial charge in [-0.05, 0) is 31.6 Å². The predicted octanol–water partition coefficient (Wildman–Crippen LogP) is 2.42. The SMILES string of the molecule is CCN=C1NC(=O)C2CC(C)(C)CCC2S1. The number of carbonyl (C=O) groups is 1. The van der Waals surface area contributed by atoms with Gasteiger partial charge in [0.25, 0.3) is 0 Å². The molecule has 90 valence electrons. The maximum Gasteiger partial charge on any atom is 0.230 e. The van der Waals surface area contributed by atoms with Crippen LogP contribution in [0.4, 0.5) is 0 Å². The minimum Gasteiger partial charge on any atom is -0.305 e. The van der Waals surface area contributed by atoms with E-state index in [0.29, 0.717) is 10.7 Å². The van der Waals surface area contributed by atoms with Gasteiger partial charge >= 0.3 is 0 Å². The molecule has 1 N–H and O–H groups in total. The summed E-state index contributed by atoms with van der Waals surface area (Å²) in [5.41, 5.74) is 0.318. The van der Waals surface area contributed by atoms with Gasteiger partial charge in [0.1, 0.15) is 0 Å². The van der Waals surface area contributed by atoms with Gasteiger partial charge in [-0.25, -0.2) is 0 Å². The summed E-state index contributed by atoms with van der Waals surface area (Å²) in [6.45, 7) is 7.26. The summed E-state index contributed by atoms with van der Waals surface area (Å²) < 4.78 is 0. The fourth-order valence-electron chi connectivity index (χ4n) is 2.56. The Morgan fingerprint density at radius 2 is 2.31 bits per heavy atom. The van der Waals surface area contributed by atoms with Gasteiger partial charge < -0.3 is 5.32 Å². The summed E-state index contributed by atoms with van der Waals surface area (Å²) in [6.07, 6.45) is 3.36. The van der Waals surface area contributed by atoms with Crippen molar-refractivity contribution in [2.24, 2.45) is 16.3 Å². The third-order valence-corrected chi connectivity index (χ3v) is 4.78. The second-order valence-electron chi connectivity index (χ2n) is 5.44. The molecule has 0 bridgehead atoms. The first-order valence-corrected chi connectivity index (χ1v) is 6.92. The van der Waals surface area contributed by atoms with Crippen molar-refractivity contribution in [1.82, 2.24) is 5.32 Å². The molecule has 0 radical (unpaired) electrons. The maximum absolute atomic E-state index is 12.0. The molecule has 1 heterocycles. The highest BCUT2D eigenvalue weighted by Gasteiger charge is 2.42. The Labute approximate surface area is 101 Å². The molecule has 0 aromatic heterocycles. The lowest BCUT2D eigenvalue weighted by Crippen LogP contribution is -2.49. The quantitative estimate of drug-likeness (QED) is 0.764. The van der Waals surface area contributed by atoms with Crippen molar-refractivity contribution in [3.8, 4) is 0 Å². The molecule has 0 aromatic rings. The fourth-order valence-corrected chi connectivity index (χ4v) is 3.83. The number of hydrogen-bond acceptors (Lipinski definition) is 3. The lowest BCUT2D eigenvalue weighted by Gasteiger charge is -2.42. The summed E-state index contributed by atoms with van der Waals surface area (Å²) >= 11 is 1.76. The van der Waals surface area contributed by atoms with E-state index in [9.17, 15) is 4.79 Å². The van der Waals surface area contributed by atoms with Crippen LogP contribution in [-0.2, 0) is 4.79 Å². The molecule has 0 spiro atoms. The van der Waals surface area contributed by atoms with Crippen LogP contribution in [0.25, 0.3) is 0 Å². The highest BCUT2D eigenvalue weighted by molar-refractivity contribution is 8.14. The average Bonchev–Trinajstić information content (AvgIpc) is 2.19. The van der Waals surface area contributed by atoms with E-state index in [-0.39, 0.29) is 11.8 Å². The van der Waals surface area contributed by atoms with Crippen molar-refractivity contribution >= 4 is 22.8 Å². The Balaban J connectivity index is 2.10. The number of hydrogen-bond donors (Lipinski definition) is 1. The van der Waals surface area contributed by atoms with E-state index in [0.717, 1.165) is 24.6 Å². The predicted molar refractivity (Wildman–Crippen MR) is 68.6 cm³/mol. The van der Waals surface area contributed by atoms with Crippen molar-refractivity contribution in [3.63, 3.8) is 0 Å². The number of thioether (sulfide) groups is 1. The molecule has 2 aliphatic rings. The van der Waals surface area contributed by atoms with Crippen LogP contribution >= 0.6 is 11.8 Å². The fraction of sp³-hybridized carbons (Fsp3) is 0.833. The van der Waals surface area contributed by atoms with Crippen LogP contribution in [0.1, 0.15) is 40.0 Å². The minimum absolute atomic E-state index is 0.184. The number of fused-ring (bicyclic) bond motifs is 1. The zero-order chi connectivity index (χ0) is 11.8. The first-order chi connectivity index (χ1) is 7.52. The molecule has 16 heavy (non-hydrogen) atoms. The van der Waals surface area contributed by atoms with Gasteiger partial charge in [0.2, 0.25) is 5.91 Å². The van der Waals surface area contributed by atoms with Crippen LogP contribution < -0.4 is 5.32 Å². The zero-order valence-corrected chi connectivity index (χ0v) is 11.1. The summed E-state index contributed by atoms with van der Waals surface area (Å²) in [5.74, 6) is 0.369. The average molecular weight is 240 g/mol. The molecule has 2 rings (SSSR count). The number of aliphatic imine (C=N–C) groups is 1. The Morgan fingerprint density at radius 3 is 3.00 bits per heavy atom. The molecule has 2 unspecified atom stereocenters. The van der Waals surface area contributed by atoms with Gasteiger partial charge in [-0.3, -0.25) is 9.79 Å². The number of carbonyl (C=O) groups excluding carboxylic acids is 1. The van der Waals surface area contributed by atoms with E-state index in [2.05, 4.69) is 24.2 Å². The number of amides is 1. The van der Waals surface area contributed by atoms with Gasteiger partial charge in [-0.15, -0.1) is 0 Å². The molecule has 4 heteroatoms. The van der Waals surface area contributed by atoms with E-state index in [4.69, 9.17) is 0 Å². The number of amidine groups is 1. The summed E-state index contributed by atoms with van der Waals surface area (Å²) in [5, 5.41) is 4.21. The summed E-state index contributed by atoms with van der Waals surface area (Å²) in [7, 11) is 0. The third kappa shape index (κ3) is 2.42. The van der Waals surface area contributed by atoms with E-state index >= 15 is 0 Å². The standard InChI is InChI=1S/C12H20N2OS/c1-4-13-11-14-10(15)8-7-12(2,3)6-5-9(8)16-11/h8-9H,4-7H2,1-3H3,(H,13,14,15). The molecule has 1 amide bonds. The Bertz CT molecular complexity index is 325. The second-order valence-corrected chi connectivity index (χ2v) is 6.67. The van der Waals surface area contributed by atoms with Crippen LogP contribution in [0, 0.1) is 11.3 Å². The lowest BCUT2D eigenvalue weighted by atomic mass is 9.71. The third-order valence-electron chi connectivity index (χ3n) is 3.46. The topological polar surface area (TPSA) is 41.5 Å². The van der Waals surface area contributed by atoms with Crippen molar-refractivity contribution < 1.29 is 4.79 Å². The highest BCUT2D eigenvalue weighted by atomic mass is 32.2. The van der Waals surface area contributed by atoms with Gasteiger partial charge in [0.05, 0.1) is 5.92 Å². The molecule has 2 fully saturated rings. The monoisotopic (exact) mass is 240 g/mol. The van der Waals surface area contributed by atoms with E-state index in [1.54, 1.807) is 11.8 Å². The normalized spacial score (nSPS) is 35.7. The van der Waals surface area contributed by atoms with Gasteiger partial charge in [-0.1, -0.05) is 25.6 Å². The molecule has 0 aromatic carbocycles. The van der Waals surface area contributed by atoms with Crippen LogP contribution in [0.3, 0.4) is 0 Å². The van der Waals surface area contributed by atoms with Crippen molar-refractivity contribution in [1.29, 1.82) is 0 Å². The van der Waals surface area contributed by atoms with Gasteiger partial charge in [-0.2, -0.15) is 0 Å². The first kappa shape index (κ1) is 12.0. The summed E-state index contributed by atoms with van der Waals surface area (Å²) in [4.78, 5) is 16.3. The van der Waals surface area contributed by atoms with E-state index in [1.807, 2.05) is 6.92 Å². The molecule has 3 nitrogen and oxygen atoms in total. The van der Waals surface area contributed by atoms with E-state index in [1.165, 1.54) is 6.42 Å². The van der Waals surface area contributed by atoms with Crippen LogP contribution in [-0.4, -0.2) is 22.9 Å². The molecule has 2 atom stereocenters. The van der Waals surface area contributed by atoms with Crippen LogP contribution in [0.5, 0.6) is 0 Å². The maximum atomic E-state index is 12.0. The first-order valence-electron chi connectivity index (χ1n) is 6.04. The van der Waals surface area contributed by atoms with Crippen LogP contribution in [0.2, 0.25) is 0 Å². The molecular weight excluding hydrogens is 220 g/mol. The minimum atomic E-state index is 0.184. The molecule has 1 saturated heterocycles. The smallest absolute Gasteiger partial charge is 0.230 e. The number of nitrogens with zero attached hydrogens (tertiary/aromatic N) is 1. The van der Waals surface area contributed by atoms with Gasteiger partial charge in [0.15, 0.2) is 5.17 Å². The van der Waals surface area contributed by atoms with Crippen molar-refractivity contribution in [2.45, 2.75) is 45.3 Å². The Morgan fingerprint density at radius 1 is 1.56 bits per heavy atom. The molecule has 1 aliphatic heterocycles. The zero-order valence-electron chi connectivity index (χ0n) is 10.2. The highest BCUT2D eigenvalue weighted by Crippen LogP contribution is 2.45.